The molecule has 16 heavy (non-hydrogen) atoms. The van der Waals surface area contributed by atoms with Gasteiger partial charge in [0.25, 0.3) is 0 Å². The van der Waals surface area contributed by atoms with Gasteiger partial charge in [-0.2, -0.15) is 0 Å². The van der Waals surface area contributed by atoms with Crippen LogP contribution in [0.1, 0.15) is 37.5 Å². The van der Waals surface area contributed by atoms with Gasteiger partial charge in [0.05, 0.1) is 0 Å². The van der Waals surface area contributed by atoms with Gasteiger partial charge in [0.2, 0.25) is 0 Å². The fourth-order valence-corrected chi connectivity index (χ4v) is 2.63. The average Bonchev–Trinajstić information content (AvgIpc) is 2.23. The zero-order chi connectivity index (χ0) is 12.3. The first-order valence-electron chi connectivity index (χ1n) is 6.01. The number of hydrogen-bond donors (Lipinski definition) is 0. The Morgan fingerprint density at radius 2 is 1.81 bits per heavy atom. The van der Waals surface area contributed by atoms with Crippen LogP contribution in [0.2, 0.25) is 0 Å². The molecule has 1 atom stereocenters. The third-order valence-corrected chi connectivity index (χ3v) is 5.16. The molecule has 0 saturated heterocycles. The van der Waals surface area contributed by atoms with E-state index in [1.807, 2.05) is 0 Å². The van der Waals surface area contributed by atoms with E-state index < -0.39 is 0 Å². The lowest BCUT2D eigenvalue weighted by atomic mass is 9.76. The maximum atomic E-state index is 3.66. The summed E-state index contributed by atoms with van der Waals surface area (Å²) in [5.41, 5.74) is 4.59. The highest BCUT2D eigenvalue weighted by atomic mass is 79.9. The number of benzene rings is 1. The Balaban J connectivity index is 2.90. The molecular formula is C15H23Br. The molecule has 1 aromatic carbocycles. The lowest BCUT2D eigenvalue weighted by molar-refractivity contribution is 0.258. The van der Waals surface area contributed by atoms with Gasteiger partial charge in [-0.25, -0.2) is 0 Å². The van der Waals surface area contributed by atoms with Crippen molar-refractivity contribution >= 4 is 15.9 Å². The smallest absolute Gasteiger partial charge is 0.00909 e. The molecule has 1 heteroatoms. The summed E-state index contributed by atoms with van der Waals surface area (Å²) in [6, 6.07) is 6.84. The Morgan fingerprint density at radius 3 is 2.25 bits per heavy atom. The predicted molar refractivity (Wildman–Crippen MR) is 76.4 cm³/mol. The molecule has 1 aromatic rings. The van der Waals surface area contributed by atoms with Gasteiger partial charge in [0, 0.05) is 5.33 Å². The maximum Gasteiger partial charge on any atom is 0.00909 e. The van der Waals surface area contributed by atoms with Crippen LogP contribution in [0.15, 0.2) is 18.2 Å². The molecule has 0 heterocycles. The van der Waals surface area contributed by atoms with E-state index in [0.717, 1.165) is 11.8 Å². The van der Waals surface area contributed by atoms with Gasteiger partial charge in [-0.05, 0) is 48.3 Å². The minimum atomic E-state index is 0.349. The SMILES string of the molecule is Cc1ccc(CC(C)(CBr)C(C)C)cc1C. The number of rotatable bonds is 4. The second kappa shape index (κ2) is 5.35. The molecule has 0 nitrogen and oxygen atoms in total. The molecule has 0 saturated carbocycles. The van der Waals surface area contributed by atoms with Crippen molar-refractivity contribution in [2.45, 2.75) is 41.0 Å². The van der Waals surface area contributed by atoms with Gasteiger partial charge in [-0.3, -0.25) is 0 Å². The van der Waals surface area contributed by atoms with E-state index in [2.05, 4.69) is 68.7 Å². The van der Waals surface area contributed by atoms with E-state index >= 15 is 0 Å². The fourth-order valence-electron chi connectivity index (χ4n) is 1.79. The predicted octanol–water partition coefficient (Wildman–Crippen LogP) is 4.90. The van der Waals surface area contributed by atoms with Crippen LogP contribution < -0.4 is 0 Å². The monoisotopic (exact) mass is 282 g/mol. The van der Waals surface area contributed by atoms with Gasteiger partial charge in [0.1, 0.15) is 0 Å². The molecule has 0 N–H and O–H groups in total. The molecule has 90 valence electrons. The van der Waals surface area contributed by atoms with E-state index in [1.165, 1.54) is 16.7 Å². The third-order valence-electron chi connectivity index (χ3n) is 3.88. The molecule has 0 fully saturated rings. The summed E-state index contributed by atoms with van der Waals surface area (Å²) >= 11 is 3.66. The lowest BCUT2D eigenvalue weighted by Gasteiger charge is -2.32. The van der Waals surface area contributed by atoms with Crippen molar-refractivity contribution in [3.8, 4) is 0 Å². The molecule has 0 radical (unpaired) electrons. The Morgan fingerprint density at radius 1 is 1.19 bits per heavy atom. The van der Waals surface area contributed by atoms with E-state index in [-0.39, 0.29) is 0 Å². The second-order valence-corrected chi connectivity index (χ2v) is 6.10. The van der Waals surface area contributed by atoms with Gasteiger partial charge < -0.3 is 0 Å². The van der Waals surface area contributed by atoms with Crippen LogP contribution in [-0.4, -0.2) is 5.33 Å². The maximum absolute atomic E-state index is 3.66. The highest BCUT2D eigenvalue weighted by molar-refractivity contribution is 9.09. The van der Waals surface area contributed by atoms with Gasteiger partial charge >= 0.3 is 0 Å². The van der Waals surface area contributed by atoms with E-state index in [9.17, 15) is 0 Å². The molecule has 1 unspecified atom stereocenters. The standard InChI is InChI=1S/C15H23Br/c1-11(2)15(5,10-16)9-14-7-6-12(3)13(4)8-14/h6-8,11H,9-10H2,1-5H3. The topological polar surface area (TPSA) is 0 Å². The van der Waals surface area contributed by atoms with E-state index in [4.69, 9.17) is 0 Å². The van der Waals surface area contributed by atoms with Crippen LogP contribution in [0, 0.1) is 25.2 Å². The minimum absolute atomic E-state index is 0.349. The third kappa shape index (κ3) is 3.10. The summed E-state index contributed by atoms with van der Waals surface area (Å²) in [5.74, 6) is 0.688. The van der Waals surface area contributed by atoms with Crippen molar-refractivity contribution in [1.82, 2.24) is 0 Å². The molecule has 0 aliphatic heterocycles. The first-order chi connectivity index (χ1) is 7.39. The van der Waals surface area contributed by atoms with Crippen molar-refractivity contribution in [3.05, 3.63) is 34.9 Å². The Labute approximate surface area is 109 Å². The quantitative estimate of drug-likeness (QED) is 0.689. The van der Waals surface area contributed by atoms with Gasteiger partial charge in [0.15, 0.2) is 0 Å². The van der Waals surface area contributed by atoms with E-state index in [0.29, 0.717) is 11.3 Å². The lowest BCUT2D eigenvalue weighted by Crippen LogP contribution is -2.28. The highest BCUT2D eigenvalue weighted by Crippen LogP contribution is 2.33. The van der Waals surface area contributed by atoms with Crippen LogP contribution in [0.5, 0.6) is 0 Å². The molecule has 0 aliphatic rings. The van der Waals surface area contributed by atoms with Crippen LogP contribution in [0.25, 0.3) is 0 Å². The fraction of sp³-hybridized carbons (Fsp3) is 0.600. The van der Waals surface area contributed by atoms with Crippen molar-refractivity contribution in [1.29, 1.82) is 0 Å². The summed E-state index contributed by atoms with van der Waals surface area (Å²) in [6.07, 6.45) is 1.15. The van der Waals surface area contributed by atoms with E-state index in [1.54, 1.807) is 0 Å². The first-order valence-corrected chi connectivity index (χ1v) is 7.13. The molecule has 0 aromatic heterocycles. The molecular weight excluding hydrogens is 260 g/mol. The van der Waals surface area contributed by atoms with Gasteiger partial charge in [-0.15, -0.1) is 0 Å². The summed E-state index contributed by atoms with van der Waals surface area (Å²) in [7, 11) is 0. The van der Waals surface area contributed by atoms with Crippen molar-refractivity contribution in [2.75, 3.05) is 5.33 Å². The normalized spacial score (nSPS) is 15.2. The van der Waals surface area contributed by atoms with Crippen LogP contribution >= 0.6 is 15.9 Å². The first kappa shape index (κ1) is 13.8. The molecule has 1 rings (SSSR count). The summed E-state index contributed by atoms with van der Waals surface area (Å²) in [4.78, 5) is 0. The van der Waals surface area contributed by atoms with Crippen LogP contribution in [0.4, 0.5) is 0 Å². The zero-order valence-electron chi connectivity index (χ0n) is 11.1. The number of aryl methyl sites for hydroxylation is 2. The van der Waals surface area contributed by atoms with Gasteiger partial charge in [-0.1, -0.05) is 54.9 Å². The second-order valence-electron chi connectivity index (χ2n) is 5.54. The molecule has 0 aliphatic carbocycles. The average molecular weight is 283 g/mol. The van der Waals surface area contributed by atoms with Crippen LogP contribution in [-0.2, 0) is 6.42 Å². The molecule has 0 amide bonds. The Kier molecular flexibility index (Phi) is 4.61. The summed E-state index contributed by atoms with van der Waals surface area (Å²) in [5, 5.41) is 1.06. The molecule has 0 spiro atoms. The number of hydrogen-bond acceptors (Lipinski definition) is 0. The Hall–Kier alpha value is -0.300. The van der Waals surface area contributed by atoms with Crippen molar-refractivity contribution in [2.24, 2.45) is 11.3 Å². The Bertz CT molecular complexity index is 354. The highest BCUT2D eigenvalue weighted by Gasteiger charge is 2.27. The van der Waals surface area contributed by atoms with Crippen LogP contribution in [0.3, 0.4) is 0 Å². The molecule has 0 bridgehead atoms. The zero-order valence-corrected chi connectivity index (χ0v) is 12.7. The number of alkyl halides is 1. The summed E-state index contributed by atoms with van der Waals surface area (Å²) < 4.78 is 0. The largest absolute Gasteiger partial charge is 0.0922 e. The minimum Gasteiger partial charge on any atom is -0.0922 e. The van der Waals surface area contributed by atoms with Crippen molar-refractivity contribution < 1.29 is 0 Å². The van der Waals surface area contributed by atoms with Crippen molar-refractivity contribution in [3.63, 3.8) is 0 Å². The number of halogens is 1. The summed E-state index contributed by atoms with van der Waals surface area (Å²) in [6.45, 7) is 11.3.